The van der Waals surface area contributed by atoms with Crippen LogP contribution in [0.25, 0.3) is 0 Å². The number of carbonyl (C=O) groups excluding carboxylic acids is 1. The summed E-state index contributed by atoms with van der Waals surface area (Å²) in [6.45, 7) is 0. The van der Waals surface area contributed by atoms with Crippen LogP contribution in [0.4, 0.5) is 21.9 Å². The Morgan fingerprint density at radius 1 is 1.10 bits per heavy atom. The molecule has 2 amide bonds. The standard InChI is InChI=1S/C14H14ClN3O2/c1-20-11-5-2-9(3-6-11)17-14(19)18-10-4-7-12(15)13(16)8-10/h2-8H,16H2,1H3,(H2,17,18,19). The molecule has 0 spiro atoms. The van der Waals surface area contributed by atoms with Crippen molar-refractivity contribution in [3.63, 3.8) is 0 Å². The Balaban J connectivity index is 1.99. The Hall–Kier alpha value is -2.40. The second-order valence-electron chi connectivity index (χ2n) is 4.04. The Labute approximate surface area is 121 Å². The molecule has 0 atom stereocenters. The van der Waals surface area contributed by atoms with Crippen LogP contribution in [0.2, 0.25) is 5.02 Å². The molecule has 20 heavy (non-hydrogen) atoms. The molecule has 0 fully saturated rings. The van der Waals surface area contributed by atoms with Gasteiger partial charge in [0.05, 0.1) is 17.8 Å². The minimum Gasteiger partial charge on any atom is -0.497 e. The van der Waals surface area contributed by atoms with Crippen molar-refractivity contribution >= 4 is 34.7 Å². The lowest BCUT2D eigenvalue weighted by Gasteiger charge is -2.09. The summed E-state index contributed by atoms with van der Waals surface area (Å²) in [7, 11) is 1.58. The number of nitrogen functional groups attached to an aromatic ring is 1. The van der Waals surface area contributed by atoms with Crippen LogP contribution < -0.4 is 21.1 Å². The van der Waals surface area contributed by atoms with Gasteiger partial charge in [-0.25, -0.2) is 4.79 Å². The highest BCUT2D eigenvalue weighted by molar-refractivity contribution is 6.33. The minimum absolute atomic E-state index is 0.364. The van der Waals surface area contributed by atoms with E-state index in [1.807, 2.05) is 0 Å². The quantitative estimate of drug-likeness (QED) is 0.757. The third-order valence-electron chi connectivity index (χ3n) is 2.60. The van der Waals surface area contributed by atoms with E-state index in [9.17, 15) is 4.79 Å². The van der Waals surface area contributed by atoms with Crippen LogP contribution in [0, 0.1) is 0 Å². The predicted molar refractivity (Wildman–Crippen MR) is 81.5 cm³/mol. The highest BCUT2D eigenvalue weighted by Gasteiger charge is 2.04. The lowest BCUT2D eigenvalue weighted by atomic mass is 10.3. The Morgan fingerprint density at radius 3 is 2.30 bits per heavy atom. The fourth-order valence-corrected chi connectivity index (χ4v) is 1.71. The molecule has 0 aliphatic rings. The van der Waals surface area contributed by atoms with Gasteiger partial charge in [0, 0.05) is 11.4 Å². The van der Waals surface area contributed by atoms with E-state index in [1.54, 1.807) is 49.6 Å². The number of nitrogens with one attached hydrogen (secondary N) is 2. The molecule has 0 heterocycles. The Kier molecular flexibility index (Phi) is 4.32. The smallest absolute Gasteiger partial charge is 0.323 e. The number of amides is 2. The average Bonchev–Trinajstić information content (AvgIpc) is 2.44. The maximum Gasteiger partial charge on any atom is 0.323 e. The number of ether oxygens (including phenoxy) is 1. The molecule has 0 unspecified atom stereocenters. The number of urea groups is 1. The van der Waals surface area contributed by atoms with Gasteiger partial charge < -0.3 is 21.1 Å². The van der Waals surface area contributed by atoms with E-state index in [4.69, 9.17) is 22.1 Å². The second-order valence-corrected chi connectivity index (χ2v) is 4.45. The molecule has 2 aromatic rings. The molecule has 0 aromatic heterocycles. The van der Waals surface area contributed by atoms with Gasteiger partial charge in [-0.15, -0.1) is 0 Å². The van der Waals surface area contributed by atoms with E-state index in [-0.39, 0.29) is 6.03 Å². The third kappa shape index (κ3) is 3.55. The van der Waals surface area contributed by atoms with E-state index in [2.05, 4.69) is 10.6 Å². The molecule has 2 rings (SSSR count). The molecule has 4 N–H and O–H groups in total. The van der Waals surface area contributed by atoms with Crippen LogP contribution in [0.3, 0.4) is 0 Å². The van der Waals surface area contributed by atoms with E-state index >= 15 is 0 Å². The molecule has 0 aliphatic heterocycles. The lowest BCUT2D eigenvalue weighted by molar-refractivity contribution is 0.262. The zero-order chi connectivity index (χ0) is 14.5. The van der Waals surface area contributed by atoms with E-state index in [0.717, 1.165) is 5.75 Å². The summed E-state index contributed by atoms with van der Waals surface area (Å²) in [6.07, 6.45) is 0. The molecule has 0 radical (unpaired) electrons. The molecule has 0 aliphatic carbocycles. The fraction of sp³-hybridized carbons (Fsp3) is 0.0714. The number of methoxy groups -OCH3 is 1. The van der Waals surface area contributed by atoms with Crippen molar-refractivity contribution in [2.45, 2.75) is 0 Å². The van der Waals surface area contributed by atoms with Gasteiger partial charge in [-0.2, -0.15) is 0 Å². The van der Waals surface area contributed by atoms with Crippen LogP contribution in [0.15, 0.2) is 42.5 Å². The summed E-state index contributed by atoms with van der Waals surface area (Å²) in [5.41, 5.74) is 7.30. The minimum atomic E-state index is -0.364. The maximum atomic E-state index is 11.8. The molecular weight excluding hydrogens is 278 g/mol. The summed E-state index contributed by atoms with van der Waals surface area (Å²) in [6, 6.07) is 11.5. The van der Waals surface area contributed by atoms with Crippen molar-refractivity contribution in [3.05, 3.63) is 47.5 Å². The first-order valence-electron chi connectivity index (χ1n) is 5.85. The summed E-state index contributed by atoms with van der Waals surface area (Å²) in [5, 5.41) is 5.81. The Morgan fingerprint density at radius 2 is 1.70 bits per heavy atom. The van der Waals surface area contributed by atoms with Gasteiger partial charge in [0.1, 0.15) is 5.75 Å². The normalized spacial score (nSPS) is 9.90. The highest BCUT2D eigenvalue weighted by atomic mass is 35.5. The van der Waals surface area contributed by atoms with Gasteiger partial charge in [-0.3, -0.25) is 0 Å². The zero-order valence-corrected chi connectivity index (χ0v) is 11.6. The highest BCUT2D eigenvalue weighted by Crippen LogP contribution is 2.22. The second kappa shape index (κ2) is 6.16. The van der Waals surface area contributed by atoms with Crippen LogP contribution in [0.5, 0.6) is 5.75 Å². The monoisotopic (exact) mass is 291 g/mol. The fourth-order valence-electron chi connectivity index (χ4n) is 1.59. The number of anilines is 3. The van der Waals surface area contributed by atoms with Crippen molar-refractivity contribution in [1.82, 2.24) is 0 Å². The molecule has 104 valence electrons. The van der Waals surface area contributed by atoms with Crippen LogP contribution >= 0.6 is 11.6 Å². The van der Waals surface area contributed by atoms with Crippen molar-refractivity contribution < 1.29 is 9.53 Å². The van der Waals surface area contributed by atoms with Crippen molar-refractivity contribution in [1.29, 1.82) is 0 Å². The molecule has 0 saturated heterocycles. The van der Waals surface area contributed by atoms with Gasteiger partial charge in [0.2, 0.25) is 0 Å². The van der Waals surface area contributed by atoms with Gasteiger partial charge in [0.25, 0.3) is 0 Å². The SMILES string of the molecule is COc1ccc(NC(=O)Nc2ccc(Cl)c(N)c2)cc1. The van der Waals surface area contributed by atoms with Crippen LogP contribution in [-0.4, -0.2) is 13.1 Å². The number of hydrogen-bond acceptors (Lipinski definition) is 3. The van der Waals surface area contributed by atoms with E-state index in [0.29, 0.717) is 22.1 Å². The van der Waals surface area contributed by atoms with Crippen molar-refractivity contribution in [3.8, 4) is 5.75 Å². The number of halogens is 1. The largest absolute Gasteiger partial charge is 0.497 e. The third-order valence-corrected chi connectivity index (χ3v) is 2.95. The van der Waals surface area contributed by atoms with Crippen molar-refractivity contribution in [2.75, 3.05) is 23.5 Å². The first kappa shape index (κ1) is 14.0. The maximum absolute atomic E-state index is 11.8. The molecule has 0 saturated carbocycles. The average molecular weight is 292 g/mol. The van der Waals surface area contributed by atoms with Gasteiger partial charge >= 0.3 is 6.03 Å². The number of benzene rings is 2. The molecule has 2 aromatic carbocycles. The summed E-state index contributed by atoms with van der Waals surface area (Å²) in [4.78, 5) is 11.8. The van der Waals surface area contributed by atoms with Gasteiger partial charge in [0.15, 0.2) is 0 Å². The van der Waals surface area contributed by atoms with Gasteiger partial charge in [-0.1, -0.05) is 11.6 Å². The van der Waals surface area contributed by atoms with Crippen molar-refractivity contribution in [2.24, 2.45) is 0 Å². The Bertz CT molecular complexity index is 614. The van der Waals surface area contributed by atoms with Gasteiger partial charge in [-0.05, 0) is 42.5 Å². The van der Waals surface area contributed by atoms with E-state index in [1.165, 1.54) is 0 Å². The number of nitrogens with two attached hydrogens (primary N) is 1. The van der Waals surface area contributed by atoms with E-state index < -0.39 is 0 Å². The molecule has 0 bridgehead atoms. The number of hydrogen-bond donors (Lipinski definition) is 3. The van der Waals surface area contributed by atoms with Crippen LogP contribution in [-0.2, 0) is 0 Å². The first-order chi connectivity index (χ1) is 9.58. The molecule has 6 heteroatoms. The predicted octanol–water partition coefficient (Wildman–Crippen LogP) is 3.57. The van der Waals surface area contributed by atoms with Crippen LogP contribution in [0.1, 0.15) is 0 Å². The molecule has 5 nitrogen and oxygen atoms in total. The first-order valence-corrected chi connectivity index (χ1v) is 6.23. The topological polar surface area (TPSA) is 76.4 Å². The summed E-state index contributed by atoms with van der Waals surface area (Å²) in [5.74, 6) is 0.724. The number of carbonyl (C=O) groups is 1. The summed E-state index contributed by atoms with van der Waals surface area (Å²) < 4.78 is 5.04. The zero-order valence-electron chi connectivity index (χ0n) is 10.8. The lowest BCUT2D eigenvalue weighted by Crippen LogP contribution is -2.19. The number of rotatable bonds is 3. The summed E-state index contributed by atoms with van der Waals surface area (Å²) >= 11 is 5.81. The molecular formula is C14H14ClN3O2.